The Labute approximate surface area is 165 Å². The molecule has 8 nitrogen and oxygen atoms in total. The SMILES string of the molecule is COc1cc(Cl)cc(C=NN2C(=O)[C@@H]3[C@H](C2=O)[C@H]2C=C[C@H]3C2)c1OCC(N)=O. The molecule has 2 bridgehead atoms. The number of methoxy groups -OCH3 is 1. The van der Waals surface area contributed by atoms with Gasteiger partial charge in [0.15, 0.2) is 18.1 Å². The van der Waals surface area contributed by atoms with E-state index >= 15 is 0 Å². The number of nitrogens with zero attached hydrogens (tertiary/aromatic N) is 2. The minimum absolute atomic E-state index is 0.104. The number of hydrazone groups is 1. The van der Waals surface area contributed by atoms with Crippen molar-refractivity contribution >= 4 is 35.5 Å². The molecule has 0 aromatic heterocycles. The summed E-state index contributed by atoms with van der Waals surface area (Å²) in [4.78, 5) is 36.5. The van der Waals surface area contributed by atoms with E-state index < -0.39 is 5.91 Å². The molecule has 146 valence electrons. The molecule has 0 spiro atoms. The van der Waals surface area contributed by atoms with E-state index in [0.29, 0.717) is 10.6 Å². The second-order valence-corrected chi connectivity index (χ2v) is 7.45. The molecular formula is C19H18ClN3O5. The van der Waals surface area contributed by atoms with Gasteiger partial charge in [0.2, 0.25) is 0 Å². The highest BCUT2D eigenvalue weighted by Gasteiger charge is 2.59. The lowest BCUT2D eigenvalue weighted by Gasteiger charge is -2.14. The van der Waals surface area contributed by atoms with Gasteiger partial charge in [-0.15, -0.1) is 0 Å². The van der Waals surface area contributed by atoms with Gasteiger partial charge in [-0.2, -0.15) is 10.1 Å². The topological polar surface area (TPSA) is 111 Å². The molecule has 1 saturated carbocycles. The fourth-order valence-electron chi connectivity index (χ4n) is 4.25. The number of primary amides is 1. The lowest BCUT2D eigenvalue weighted by Crippen LogP contribution is -2.28. The zero-order valence-electron chi connectivity index (χ0n) is 15.0. The Balaban J connectivity index is 1.63. The van der Waals surface area contributed by atoms with Crippen LogP contribution < -0.4 is 15.2 Å². The number of carbonyl (C=O) groups excluding carboxylic acids is 3. The molecule has 1 aliphatic heterocycles. The molecule has 1 heterocycles. The molecule has 1 aromatic rings. The van der Waals surface area contributed by atoms with E-state index in [1.165, 1.54) is 25.5 Å². The first-order valence-corrected chi connectivity index (χ1v) is 9.17. The number of carbonyl (C=O) groups is 3. The zero-order valence-corrected chi connectivity index (χ0v) is 15.8. The monoisotopic (exact) mass is 403 g/mol. The summed E-state index contributed by atoms with van der Waals surface area (Å²) in [5.41, 5.74) is 5.49. The van der Waals surface area contributed by atoms with E-state index in [-0.39, 0.29) is 53.6 Å². The smallest absolute Gasteiger partial charge is 0.255 e. The van der Waals surface area contributed by atoms with Crippen LogP contribution in [0.2, 0.25) is 5.02 Å². The van der Waals surface area contributed by atoms with Gasteiger partial charge >= 0.3 is 0 Å². The maximum atomic E-state index is 12.7. The van der Waals surface area contributed by atoms with Gasteiger partial charge in [0.1, 0.15) is 0 Å². The van der Waals surface area contributed by atoms with Crippen LogP contribution in [0, 0.1) is 23.7 Å². The molecule has 2 N–H and O–H groups in total. The highest BCUT2D eigenvalue weighted by molar-refractivity contribution is 6.31. The summed E-state index contributed by atoms with van der Waals surface area (Å²) in [5, 5.41) is 5.37. The Hall–Kier alpha value is -2.87. The number of benzene rings is 1. The van der Waals surface area contributed by atoms with Crippen LogP contribution in [-0.4, -0.2) is 42.7 Å². The van der Waals surface area contributed by atoms with Gasteiger partial charge in [0.05, 0.1) is 25.2 Å². The number of imide groups is 1. The van der Waals surface area contributed by atoms with Crippen molar-refractivity contribution < 1.29 is 23.9 Å². The number of hydrogen-bond donors (Lipinski definition) is 1. The van der Waals surface area contributed by atoms with E-state index in [1.54, 1.807) is 0 Å². The zero-order chi connectivity index (χ0) is 20.0. The second-order valence-electron chi connectivity index (χ2n) is 7.01. The van der Waals surface area contributed by atoms with E-state index in [0.717, 1.165) is 11.4 Å². The Morgan fingerprint density at radius 1 is 1.29 bits per heavy atom. The minimum atomic E-state index is -0.666. The molecule has 1 aromatic carbocycles. The van der Waals surface area contributed by atoms with Gasteiger partial charge in [-0.1, -0.05) is 23.8 Å². The summed E-state index contributed by atoms with van der Waals surface area (Å²) >= 11 is 6.10. The molecule has 28 heavy (non-hydrogen) atoms. The van der Waals surface area contributed by atoms with Crippen LogP contribution in [0.5, 0.6) is 11.5 Å². The summed E-state index contributed by atoms with van der Waals surface area (Å²) < 4.78 is 10.6. The van der Waals surface area contributed by atoms with Crippen LogP contribution >= 0.6 is 11.6 Å². The lowest BCUT2D eigenvalue weighted by atomic mass is 9.85. The first-order chi connectivity index (χ1) is 13.4. The van der Waals surface area contributed by atoms with Crippen LogP contribution in [0.1, 0.15) is 12.0 Å². The predicted molar refractivity (Wildman–Crippen MR) is 99.9 cm³/mol. The number of allylic oxidation sites excluding steroid dienone is 2. The lowest BCUT2D eigenvalue weighted by molar-refractivity contribution is -0.140. The quantitative estimate of drug-likeness (QED) is 0.438. The summed E-state index contributed by atoms with van der Waals surface area (Å²) in [5.74, 6) is -1.25. The molecule has 1 saturated heterocycles. The summed E-state index contributed by atoms with van der Waals surface area (Å²) in [6, 6.07) is 3.04. The first-order valence-electron chi connectivity index (χ1n) is 8.79. The van der Waals surface area contributed by atoms with Crippen molar-refractivity contribution in [2.75, 3.05) is 13.7 Å². The normalized spacial score (nSPS) is 27.7. The summed E-state index contributed by atoms with van der Waals surface area (Å²) in [7, 11) is 1.42. The van der Waals surface area contributed by atoms with Crippen molar-refractivity contribution in [3.63, 3.8) is 0 Å². The van der Waals surface area contributed by atoms with Crippen molar-refractivity contribution in [3.05, 3.63) is 34.9 Å². The molecule has 0 unspecified atom stereocenters. The molecule has 0 radical (unpaired) electrons. The number of fused-ring (bicyclic) bond motifs is 5. The number of hydrogen-bond acceptors (Lipinski definition) is 6. The van der Waals surface area contributed by atoms with Crippen molar-refractivity contribution in [2.24, 2.45) is 34.5 Å². The molecule has 3 amide bonds. The highest BCUT2D eigenvalue weighted by Crippen LogP contribution is 2.52. The predicted octanol–water partition coefficient (Wildman–Crippen LogP) is 1.35. The number of ether oxygens (including phenoxy) is 2. The van der Waals surface area contributed by atoms with E-state index in [9.17, 15) is 14.4 Å². The minimum Gasteiger partial charge on any atom is -0.493 e. The molecule has 4 rings (SSSR count). The second kappa shape index (κ2) is 6.94. The van der Waals surface area contributed by atoms with Crippen molar-refractivity contribution in [3.8, 4) is 11.5 Å². The third kappa shape index (κ3) is 2.93. The number of nitrogens with two attached hydrogens (primary N) is 1. The molecular weight excluding hydrogens is 386 g/mol. The molecule has 3 aliphatic rings. The number of rotatable bonds is 6. The molecule has 2 aliphatic carbocycles. The van der Waals surface area contributed by atoms with E-state index in [4.69, 9.17) is 26.8 Å². The van der Waals surface area contributed by atoms with E-state index in [2.05, 4.69) is 5.10 Å². The third-order valence-electron chi connectivity index (χ3n) is 5.39. The van der Waals surface area contributed by atoms with Crippen molar-refractivity contribution in [1.82, 2.24) is 5.01 Å². The fourth-order valence-corrected chi connectivity index (χ4v) is 4.47. The Morgan fingerprint density at radius 3 is 2.50 bits per heavy atom. The van der Waals surface area contributed by atoms with Gasteiger partial charge in [-0.25, -0.2) is 0 Å². The fraction of sp³-hybridized carbons (Fsp3) is 0.368. The Kier molecular flexibility index (Phi) is 4.58. The number of amides is 3. The van der Waals surface area contributed by atoms with Crippen molar-refractivity contribution in [2.45, 2.75) is 6.42 Å². The van der Waals surface area contributed by atoms with E-state index in [1.807, 2.05) is 12.2 Å². The molecule has 9 heteroatoms. The third-order valence-corrected chi connectivity index (χ3v) is 5.60. The van der Waals surface area contributed by atoms with Crippen LogP contribution in [-0.2, 0) is 14.4 Å². The highest BCUT2D eigenvalue weighted by atomic mass is 35.5. The molecule has 4 atom stereocenters. The number of halogens is 1. The van der Waals surface area contributed by atoms with Gasteiger partial charge in [0.25, 0.3) is 17.7 Å². The van der Waals surface area contributed by atoms with Crippen LogP contribution in [0.3, 0.4) is 0 Å². The summed E-state index contributed by atoms with van der Waals surface area (Å²) in [6.07, 6.45) is 6.18. The van der Waals surface area contributed by atoms with Crippen LogP contribution in [0.15, 0.2) is 29.4 Å². The van der Waals surface area contributed by atoms with Gasteiger partial charge in [-0.05, 0) is 24.3 Å². The Morgan fingerprint density at radius 2 is 1.93 bits per heavy atom. The molecule has 2 fully saturated rings. The maximum absolute atomic E-state index is 12.7. The first kappa shape index (κ1) is 18.5. The average Bonchev–Trinajstić information content (AvgIpc) is 3.33. The maximum Gasteiger partial charge on any atom is 0.255 e. The van der Waals surface area contributed by atoms with Gasteiger partial charge < -0.3 is 15.2 Å². The van der Waals surface area contributed by atoms with Gasteiger partial charge in [-0.3, -0.25) is 14.4 Å². The van der Waals surface area contributed by atoms with Gasteiger partial charge in [0, 0.05) is 16.7 Å². The largest absolute Gasteiger partial charge is 0.493 e. The van der Waals surface area contributed by atoms with Crippen LogP contribution in [0.25, 0.3) is 0 Å². The summed E-state index contributed by atoms with van der Waals surface area (Å²) in [6.45, 7) is -0.375. The van der Waals surface area contributed by atoms with Crippen molar-refractivity contribution in [1.29, 1.82) is 0 Å². The average molecular weight is 404 g/mol. The standard InChI is InChI=1S/C19H18ClN3O5/c1-27-13-6-12(20)5-11(17(13)28-8-14(21)24)7-22-23-18(25)15-9-2-3-10(4-9)16(15)19(23)26/h2-3,5-7,9-10,15-16H,4,8H2,1H3,(H2,21,24)/t9-,10-,15-,16+/m0/s1. The Bertz CT molecular complexity index is 898. The van der Waals surface area contributed by atoms with Crippen LogP contribution in [0.4, 0.5) is 0 Å².